The lowest BCUT2D eigenvalue weighted by Gasteiger charge is -2.34. The minimum absolute atomic E-state index is 0.193. The maximum atomic E-state index is 12.4. The molecule has 2 heterocycles. The molecule has 0 bridgehead atoms. The Balaban J connectivity index is 1.49. The lowest BCUT2D eigenvalue weighted by Crippen LogP contribution is -2.41. The van der Waals surface area contributed by atoms with Crippen molar-refractivity contribution in [3.8, 4) is 0 Å². The zero-order valence-electron chi connectivity index (χ0n) is 18.4. The molecule has 5 nitrogen and oxygen atoms in total. The van der Waals surface area contributed by atoms with Crippen molar-refractivity contribution in [1.29, 1.82) is 0 Å². The van der Waals surface area contributed by atoms with E-state index in [4.69, 9.17) is 9.47 Å². The van der Waals surface area contributed by atoms with Crippen molar-refractivity contribution in [1.82, 2.24) is 4.90 Å². The molecule has 1 N–H and O–H groups in total. The van der Waals surface area contributed by atoms with Crippen molar-refractivity contribution in [3.05, 3.63) is 42.0 Å². The lowest BCUT2D eigenvalue weighted by atomic mass is 9.86. The van der Waals surface area contributed by atoms with Gasteiger partial charge in [-0.1, -0.05) is 30.3 Å². The molecular weight excluding hydrogens is 376 g/mol. The number of amides is 1. The van der Waals surface area contributed by atoms with Crippen LogP contribution in [-0.2, 0) is 9.47 Å². The smallest absolute Gasteiger partial charge is 0.410 e. The largest absolute Gasteiger partial charge is 0.444 e. The number of benzene rings is 2. The van der Waals surface area contributed by atoms with E-state index in [9.17, 15) is 4.79 Å². The highest BCUT2D eigenvalue weighted by Gasteiger charge is 2.28. The van der Waals surface area contributed by atoms with Gasteiger partial charge in [0.2, 0.25) is 0 Å². The molecule has 0 aliphatic carbocycles. The van der Waals surface area contributed by atoms with Gasteiger partial charge < -0.3 is 19.7 Å². The van der Waals surface area contributed by atoms with Crippen LogP contribution in [0, 0.1) is 0 Å². The second-order valence-corrected chi connectivity index (χ2v) is 9.52. The zero-order valence-corrected chi connectivity index (χ0v) is 18.4. The first-order chi connectivity index (χ1) is 14.4. The van der Waals surface area contributed by atoms with Crippen molar-refractivity contribution >= 4 is 22.6 Å². The summed E-state index contributed by atoms with van der Waals surface area (Å²) < 4.78 is 11.0. The van der Waals surface area contributed by atoms with Crippen molar-refractivity contribution in [3.63, 3.8) is 0 Å². The van der Waals surface area contributed by atoms with Gasteiger partial charge in [0.1, 0.15) is 5.60 Å². The Morgan fingerprint density at radius 3 is 2.33 bits per heavy atom. The first-order valence-electron chi connectivity index (χ1n) is 11.2. The average molecular weight is 411 g/mol. The summed E-state index contributed by atoms with van der Waals surface area (Å²) in [5.41, 5.74) is 2.16. The van der Waals surface area contributed by atoms with E-state index < -0.39 is 5.60 Å². The van der Waals surface area contributed by atoms with Gasteiger partial charge in [-0.15, -0.1) is 0 Å². The molecule has 2 aromatic rings. The molecule has 2 fully saturated rings. The summed E-state index contributed by atoms with van der Waals surface area (Å²) in [4.78, 5) is 14.2. The first-order valence-corrected chi connectivity index (χ1v) is 11.2. The molecule has 2 aromatic carbocycles. The monoisotopic (exact) mass is 410 g/mol. The number of piperidine rings is 1. The number of rotatable bonds is 3. The molecule has 4 rings (SSSR count). The van der Waals surface area contributed by atoms with Crippen LogP contribution < -0.4 is 5.32 Å². The van der Waals surface area contributed by atoms with E-state index in [0.29, 0.717) is 12.0 Å². The lowest BCUT2D eigenvalue weighted by molar-refractivity contribution is 0.0205. The summed E-state index contributed by atoms with van der Waals surface area (Å²) in [6.07, 6.45) is 3.85. The molecule has 30 heavy (non-hydrogen) atoms. The van der Waals surface area contributed by atoms with E-state index in [1.165, 1.54) is 22.0 Å². The van der Waals surface area contributed by atoms with Gasteiger partial charge in [0.05, 0.1) is 0 Å². The number of nitrogens with one attached hydrogen (secondary N) is 1. The van der Waals surface area contributed by atoms with Gasteiger partial charge in [-0.05, 0) is 69.4 Å². The van der Waals surface area contributed by atoms with Gasteiger partial charge in [0, 0.05) is 43.4 Å². The van der Waals surface area contributed by atoms with Crippen LogP contribution in [-0.4, -0.2) is 48.9 Å². The van der Waals surface area contributed by atoms with Crippen LogP contribution in [0.2, 0.25) is 0 Å². The molecule has 0 spiro atoms. The number of hydrogen-bond donors (Lipinski definition) is 1. The van der Waals surface area contributed by atoms with Crippen LogP contribution in [0.25, 0.3) is 10.8 Å². The predicted molar refractivity (Wildman–Crippen MR) is 121 cm³/mol. The van der Waals surface area contributed by atoms with Crippen molar-refractivity contribution in [2.45, 2.75) is 64.0 Å². The second kappa shape index (κ2) is 8.84. The topological polar surface area (TPSA) is 50.8 Å². The number of likely N-dealkylation sites (tertiary alicyclic amines) is 1. The summed E-state index contributed by atoms with van der Waals surface area (Å²) in [6.45, 7) is 8.92. The van der Waals surface area contributed by atoms with E-state index >= 15 is 0 Å². The highest BCUT2D eigenvalue weighted by Crippen LogP contribution is 2.36. The van der Waals surface area contributed by atoms with Crippen LogP contribution in [0.1, 0.15) is 57.9 Å². The minimum atomic E-state index is -0.447. The number of nitrogens with zero attached hydrogens (tertiary/aromatic N) is 1. The second-order valence-electron chi connectivity index (χ2n) is 9.52. The van der Waals surface area contributed by atoms with Crippen molar-refractivity contribution in [2.75, 3.05) is 31.6 Å². The SMILES string of the molecule is CC(C)(C)OC(=O)N1CCC(c2ccc(NC3CCOCC3)c3ccccc23)CC1. The summed E-state index contributed by atoms with van der Waals surface area (Å²) >= 11 is 0. The summed E-state index contributed by atoms with van der Waals surface area (Å²) in [7, 11) is 0. The van der Waals surface area contributed by atoms with Gasteiger partial charge in [-0.3, -0.25) is 0 Å². The fraction of sp³-hybridized carbons (Fsp3) is 0.560. The average Bonchev–Trinajstić information content (AvgIpc) is 2.74. The third-order valence-electron chi connectivity index (χ3n) is 6.13. The molecule has 2 aliphatic heterocycles. The Hall–Kier alpha value is -2.27. The number of fused-ring (bicyclic) bond motifs is 1. The van der Waals surface area contributed by atoms with E-state index in [1.807, 2.05) is 25.7 Å². The van der Waals surface area contributed by atoms with Crippen LogP contribution in [0.15, 0.2) is 36.4 Å². The molecule has 2 aliphatic rings. The van der Waals surface area contributed by atoms with Gasteiger partial charge in [-0.2, -0.15) is 0 Å². The van der Waals surface area contributed by atoms with E-state index in [2.05, 4.69) is 41.7 Å². The summed E-state index contributed by atoms with van der Waals surface area (Å²) in [5, 5.41) is 6.36. The van der Waals surface area contributed by atoms with Crippen LogP contribution >= 0.6 is 0 Å². The molecule has 5 heteroatoms. The minimum Gasteiger partial charge on any atom is -0.444 e. The van der Waals surface area contributed by atoms with Crippen molar-refractivity contribution < 1.29 is 14.3 Å². The van der Waals surface area contributed by atoms with Crippen LogP contribution in [0.4, 0.5) is 10.5 Å². The molecule has 0 atom stereocenters. The molecule has 0 unspecified atom stereocenters. The molecule has 1 amide bonds. The number of carbonyl (C=O) groups excluding carboxylic acids is 1. The first kappa shape index (κ1) is 21.0. The summed E-state index contributed by atoms with van der Waals surface area (Å²) in [5.74, 6) is 0.464. The number of carbonyl (C=O) groups is 1. The molecule has 0 saturated carbocycles. The highest BCUT2D eigenvalue weighted by atomic mass is 16.6. The Bertz CT molecular complexity index is 876. The third kappa shape index (κ3) is 4.89. The Morgan fingerprint density at radius 2 is 1.67 bits per heavy atom. The van der Waals surface area contributed by atoms with Gasteiger partial charge in [0.25, 0.3) is 0 Å². The quantitative estimate of drug-likeness (QED) is 0.721. The maximum absolute atomic E-state index is 12.4. The number of hydrogen-bond acceptors (Lipinski definition) is 4. The van der Waals surface area contributed by atoms with Crippen LogP contribution in [0.3, 0.4) is 0 Å². The normalized spacial score (nSPS) is 19.1. The zero-order chi connectivity index (χ0) is 21.1. The number of anilines is 1. The molecule has 0 radical (unpaired) electrons. The maximum Gasteiger partial charge on any atom is 0.410 e. The fourth-order valence-electron chi connectivity index (χ4n) is 4.57. The van der Waals surface area contributed by atoms with Gasteiger partial charge in [0.15, 0.2) is 0 Å². The Kier molecular flexibility index (Phi) is 6.19. The van der Waals surface area contributed by atoms with Gasteiger partial charge >= 0.3 is 6.09 Å². The van der Waals surface area contributed by atoms with E-state index in [0.717, 1.165) is 52.0 Å². The Morgan fingerprint density at radius 1 is 1.00 bits per heavy atom. The third-order valence-corrected chi connectivity index (χ3v) is 6.13. The molecule has 162 valence electrons. The highest BCUT2D eigenvalue weighted by molar-refractivity contribution is 5.96. The van der Waals surface area contributed by atoms with Crippen LogP contribution in [0.5, 0.6) is 0 Å². The van der Waals surface area contributed by atoms with Gasteiger partial charge in [-0.25, -0.2) is 4.79 Å². The molecular formula is C25H34N2O3. The van der Waals surface area contributed by atoms with E-state index in [-0.39, 0.29) is 6.09 Å². The van der Waals surface area contributed by atoms with E-state index in [1.54, 1.807) is 0 Å². The summed E-state index contributed by atoms with van der Waals surface area (Å²) in [6, 6.07) is 13.7. The fourth-order valence-corrected chi connectivity index (χ4v) is 4.57. The molecule has 0 aromatic heterocycles. The predicted octanol–water partition coefficient (Wildman–Crippen LogP) is 5.55. The standard InChI is InChI=1S/C25H34N2O3/c1-25(2,3)30-24(28)27-14-10-18(11-15-27)20-8-9-23(22-7-5-4-6-21(20)22)26-19-12-16-29-17-13-19/h4-9,18-19,26H,10-17H2,1-3H3. The molecule has 2 saturated heterocycles. The Labute approximate surface area is 179 Å². The van der Waals surface area contributed by atoms with Crippen molar-refractivity contribution in [2.24, 2.45) is 0 Å². The number of ether oxygens (including phenoxy) is 2.